The molecule has 2 aliphatic heterocycles. The Hall–Kier alpha value is -3.46. The largest absolute Gasteiger partial charge is 0.490 e. The third-order valence-corrected chi connectivity index (χ3v) is 7.76. The van der Waals surface area contributed by atoms with Gasteiger partial charge in [0.2, 0.25) is 0 Å². The molecule has 8 nitrogen and oxygen atoms in total. The van der Waals surface area contributed by atoms with E-state index in [0.717, 1.165) is 59.2 Å². The Labute approximate surface area is 221 Å². The molecular weight excluding hydrogens is 486 g/mol. The smallest absolute Gasteiger partial charge is 0.263 e. The highest BCUT2D eigenvalue weighted by atomic mass is 32.1. The summed E-state index contributed by atoms with van der Waals surface area (Å²) < 4.78 is 7.91. The van der Waals surface area contributed by atoms with Gasteiger partial charge in [0, 0.05) is 36.7 Å². The third-order valence-electron chi connectivity index (χ3n) is 6.64. The Morgan fingerprint density at radius 2 is 2.11 bits per heavy atom. The van der Waals surface area contributed by atoms with Crippen LogP contribution in [0.5, 0.6) is 5.75 Å². The summed E-state index contributed by atoms with van der Waals surface area (Å²) in [5.41, 5.74) is 3.61. The number of ketones is 1. The Kier molecular flexibility index (Phi) is 7.15. The molecule has 5 rings (SSSR count). The van der Waals surface area contributed by atoms with Gasteiger partial charge in [-0.05, 0) is 57.4 Å². The minimum absolute atomic E-state index is 0.0472. The number of anilines is 2. The fourth-order valence-corrected chi connectivity index (χ4v) is 5.85. The van der Waals surface area contributed by atoms with Crippen LogP contribution in [0.3, 0.4) is 0 Å². The van der Waals surface area contributed by atoms with Crippen molar-refractivity contribution in [2.45, 2.75) is 65.0 Å². The van der Waals surface area contributed by atoms with Crippen LogP contribution in [0, 0.1) is 0 Å². The van der Waals surface area contributed by atoms with Gasteiger partial charge in [0.1, 0.15) is 17.2 Å². The van der Waals surface area contributed by atoms with Crippen LogP contribution in [0.15, 0.2) is 42.7 Å². The van der Waals surface area contributed by atoms with Gasteiger partial charge >= 0.3 is 0 Å². The molecule has 0 unspecified atom stereocenters. The molecule has 0 bridgehead atoms. The number of rotatable bonds is 9. The van der Waals surface area contributed by atoms with Gasteiger partial charge in [-0.15, -0.1) is 0 Å². The van der Waals surface area contributed by atoms with Crippen molar-refractivity contribution >= 4 is 33.8 Å². The maximum absolute atomic E-state index is 12.6. The third kappa shape index (κ3) is 5.61. The number of ether oxygens (including phenoxy) is 1. The van der Waals surface area contributed by atoms with Crippen molar-refractivity contribution in [2.24, 2.45) is 0 Å². The maximum Gasteiger partial charge on any atom is 0.263 e. The lowest BCUT2D eigenvalue weighted by Crippen LogP contribution is -2.48. The maximum atomic E-state index is 12.6. The first-order valence-electron chi connectivity index (χ1n) is 12.9. The quantitative estimate of drug-likeness (QED) is 0.305. The van der Waals surface area contributed by atoms with E-state index in [1.807, 2.05) is 37.7 Å². The summed E-state index contributed by atoms with van der Waals surface area (Å²) in [5.74, 6) is 0.959. The number of allylic oxidation sites excluding steroid dienone is 2. The van der Waals surface area contributed by atoms with Crippen LogP contribution < -0.4 is 15.0 Å². The van der Waals surface area contributed by atoms with Gasteiger partial charge in [-0.1, -0.05) is 29.9 Å². The van der Waals surface area contributed by atoms with E-state index in [0.29, 0.717) is 30.9 Å². The number of fused-ring (bicyclic) bond motifs is 2. The molecule has 3 aromatic rings. The van der Waals surface area contributed by atoms with Gasteiger partial charge in [0.15, 0.2) is 10.9 Å². The lowest BCUT2D eigenvalue weighted by Gasteiger charge is -2.29. The van der Waals surface area contributed by atoms with Crippen molar-refractivity contribution < 1.29 is 14.3 Å². The van der Waals surface area contributed by atoms with E-state index in [-0.39, 0.29) is 17.2 Å². The van der Waals surface area contributed by atoms with Crippen molar-refractivity contribution in [1.29, 1.82) is 0 Å². The molecule has 9 heteroatoms. The van der Waals surface area contributed by atoms with Crippen LogP contribution in [0.2, 0.25) is 0 Å². The molecule has 0 spiro atoms. The first-order valence-corrected chi connectivity index (χ1v) is 13.7. The number of hydrogen-bond acceptors (Lipinski definition) is 7. The zero-order valence-electron chi connectivity index (χ0n) is 21.6. The average molecular weight is 520 g/mol. The molecule has 2 aliphatic rings. The molecule has 0 atom stereocenters. The summed E-state index contributed by atoms with van der Waals surface area (Å²) in [6.07, 6.45) is 11.6. The summed E-state index contributed by atoms with van der Waals surface area (Å²) in [6, 6.07) is 6.17. The van der Waals surface area contributed by atoms with Gasteiger partial charge < -0.3 is 15.0 Å². The lowest BCUT2D eigenvalue weighted by atomic mass is 9.94. The Balaban J connectivity index is 1.29. The standard InChI is InChI=1S/C28H33N5O3S/c1-4-8-21(34)9-6-5-7-12-32-18-20(17-29-32)19-10-11-24-23(15-19)33(13-14-36-24)27-30-22-16-28(2,3)31-26(35)25(22)37-27/h4,8,10-11,15,17-18H,5-7,9,12-14,16H2,1-3H3,(H,31,35). The van der Waals surface area contributed by atoms with E-state index in [1.165, 1.54) is 11.3 Å². The summed E-state index contributed by atoms with van der Waals surface area (Å²) >= 11 is 1.44. The van der Waals surface area contributed by atoms with Gasteiger partial charge in [0.05, 0.1) is 24.1 Å². The molecule has 1 N–H and O–H groups in total. The molecule has 194 valence electrons. The van der Waals surface area contributed by atoms with Crippen molar-refractivity contribution in [1.82, 2.24) is 20.1 Å². The number of amides is 1. The highest BCUT2D eigenvalue weighted by molar-refractivity contribution is 7.17. The SMILES string of the molecule is CC=CC(=O)CCCCCn1cc(-c2ccc3c(c2)N(c2nc4c(s2)C(=O)NC(C)(C)C4)CCO3)cn1. The number of carbonyl (C=O) groups is 2. The molecule has 4 heterocycles. The summed E-state index contributed by atoms with van der Waals surface area (Å²) in [4.78, 5) is 32.0. The number of thiazole rings is 1. The van der Waals surface area contributed by atoms with Crippen LogP contribution >= 0.6 is 11.3 Å². The van der Waals surface area contributed by atoms with E-state index in [1.54, 1.807) is 12.2 Å². The van der Waals surface area contributed by atoms with E-state index in [2.05, 4.69) is 33.6 Å². The topological polar surface area (TPSA) is 89.4 Å². The minimum atomic E-state index is -0.296. The Morgan fingerprint density at radius 1 is 1.24 bits per heavy atom. The summed E-state index contributed by atoms with van der Waals surface area (Å²) in [7, 11) is 0. The number of benzene rings is 1. The number of nitrogens with zero attached hydrogens (tertiary/aromatic N) is 4. The zero-order valence-corrected chi connectivity index (χ0v) is 22.4. The molecule has 0 aliphatic carbocycles. The van der Waals surface area contributed by atoms with Gasteiger partial charge in [-0.2, -0.15) is 5.10 Å². The number of aromatic nitrogens is 3. The molecule has 0 radical (unpaired) electrons. The highest BCUT2D eigenvalue weighted by Crippen LogP contribution is 2.42. The molecule has 2 aromatic heterocycles. The van der Waals surface area contributed by atoms with Crippen LogP contribution in [0.25, 0.3) is 11.1 Å². The first-order chi connectivity index (χ1) is 17.8. The molecule has 0 saturated heterocycles. The normalized spacial score (nSPS) is 16.3. The number of nitrogens with one attached hydrogen (secondary N) is 1. The van der Waals surface area contributed by atoms with Crippen molar-refractivity contribution in [3.63, 3.8) is 0 Å². The predicted octanol–water partition coefficient (Wildman–Crippen LogP) is 5.31. The number of unbranched alkanes of at least 4 members (excludes halogenated alkanes) is 2. The number of aryl methyl sites for hydroxylation is 1. The molecule has 1 amide bonds. The average Bonchev–Trinajstić information content (AvgIpc) is 3.50. The summed E-state index contributed by atoms with van der Waals surface area (Å²) in [5, 5.41) is 8.44. The fourth-order valence-electron chi connectivity index (χ4n) is 4.83. The van der Waals surface area contributed by atoms with Crippen LogP contribution in [0.1, 0.15) is 61.8 Å². The van der Waals surface area contributed by atoms with E-state index >= 15 is 0 Å². The fraction of sp³-hybridized carbons (Fsp3) is 0.429. The van der Waals surface area contributed by atoms with Crippen LogP contribution in [0.4, 0.5) is 10.8 Å². The summed E-state index contributed by atoms with van der Waals surface area (Å²) in [6.45, 7) is 7.97. The van der Waals surface area contributed by atoms with Gasteiger partial charge in [-0.25, -0.2) is 4.98 Å². The first kappa shape index (κ1) is 25.2. The predicted molar refractivity (Wildman–Crippen MR) is 146 cm³/mol. The minimum Gasteiger partial charge on any atom is -0.490 e. The number of carbonyl (C=O) groups excluding carboxylic acids is 2. The Morgan fingerprint density at radius 3 is 2.95 bits per heavy atom. The second-order valence-corrected chi connectivity index (χ2v) is 11.2. The lowest BCUT2D eigenvalue weighted by molar-refractivity contribution is -0.114. The van der Waals surface area contributed by atoms with Crippen LogP contribution in [-0.4, -0.2) is 45.1 Å². The van der Waals surface area contributed by atoms with Gasteiger partial charge in [-0.3, -0.25) is 14.3 Å². The van der Waals surface area contributed by atoms with E-state index in [9.17, 15) is 9.59 Å². The van der Waals surface area contributed by atoms with E-state index < -0.39 is 0 Å². The second-order valence-electron chi connectivity index (χ2n) is 10.2. The zero-order chi connectivity index (χ0) is 26.0. The molecule has 37 heavy (non-hydrogen) atoms. The monoisotopic (exact) mass is 519 g/mol. The van der Waals surface area contributed by atoms with Crippen molar-refractivity contribution in [2.75, 3.05) is 18.1 Å². The number of hydrogen-bond donors (Lipinski definition) is 1. The Bertz CT molecular complexity index is 1340. The van der Waals surface area contributed by atoms with Crippen molar-refractivity contribution in [3.05, 3.63) is 53.3 Å². The highest BCUT2D eigenvalue weighted by Gasteiger charge is 2.34. The van der Waals surface area contributed by atoms with Gasteiger partial charge in [0.25, 0.3) is 5.91 Å². The second kappa shape index (κ2) is 10.5. The molecular formula is C28H33N5O3S. The molecule has 0 fully saturated rings. The van der Waals surface area contributed by atoms with Crippen molar-refractivity contribution in [3.8, 4) is 16.9 Å². The van der Waals surface area contributed by atoms with Crippen LogP contribution in [-0.2, 0) is 17.8 Å². The molecule has 1 aromatic carbocycles. The van der Waals surface area contributed by atoms with E-state index in [4.69, 9.17) is 9.72 Å². The molecule has 0 saturated carbocycles.